The van der Waals surface area contributed by atoms with Gasteiger partial charge in [-0.2, -0.15) is 0 Å². The molecule has 4 nitrogen and oxygen atoms in total. The first-order valence-electron chi connectivity index (χ1n) is 9.16. The zero-order chi connectivity index (χ0) is 18.8. The molecule has 2 atom stereocenters. The minimum Gasteiger partial charge on any atom is -0.445 e. The molecule has 0 N–H and O–H groups in total. The van der Waals surface area contributed by atoms with Gasteiger partial charge in [0.15, 0.2) is 0 Å². The summed E-state index contributed by atoms with van der Waals surface area (Å²) in [4.78, 5) is 14.6. The Hall–Kier alpha value is -2.30. The summed E-state index contributed by atoms with van der Waals surface area (Å²) in [7, 11) is 0. The molecule has 2 bridgehead atoms. The maximum absolute atomic E-state index is 12.7. The SMILES string of the molecule is Cc1cc(Cl)ccc1C1=CC2COCC(C1)N2C(=O)OCc1ccccc1. The molecule has 2 aliphatic rings. The van der Waals surface area contributed by atoms with Gasteiger partial charge in [-0.25, -0.2) is 4.79 Å². The van der Waals surface area contributed by atoms with Crippen LogP contribution in [0.3, 0.4) is 0 Å². The van der Waals surface area contributed by atoms with E-state index in [-0.39, 0.29) is 24.8 Å². The first-order chi connectivity index (χ1) is 13.1. The number of carbonyl (C=O) groups excluding carboxylic acids is 1. The quantitative estimate of drug-likeness (QED) is 0.761. The molecular formula is C22H22ClNO3. The van der Waals surface area contributed by atoms with Crippen molar-refractivity contribution in [1.29, 1.82) is 0 Å². The Morgan fingerprint density at radius 1 is 1.22 bits per heavy atom. The van der Waals surface area contributed by atoms with Crippen LogP contribution in [0.15, 0.2) is 54.6 Å². The number of nitrogens with zero attached hydrogens (tertiary/aromatic N) is 1. The lowest BCUT2D eigenvalue weighted by Crippen LogP contribution is -2.56. The number of ether oxygens (including phenoxy) is 2. The van der Waals surface area contributed by atoms with E-state index in [1.165, 1.54) is 11.1 Å². The minimum absolute atomic E-state index is 0.0119. The third-order valence-corrected chi connectivity index (χ3v) is 5.38. The van der Waals surface area contributed by atoms with Gasteiger partial charge in [-0.15, -0.1) is 0 Å². The van der Waals surface area contributed by atoms with Crippen LogP contribution < -0.4 is 0 Å². The molecule has 2 aromatic rings. The molecule has 0 radical (unpaired) electrons. The lowest BCUT2D eigenvalue weighted by atomic mass is 9.88. The maximum atomic E-state index is 12.7. The number of morpholine rings is 1. The highest BCUT2D eigenvalue weighted by molar-refractivity contribution is 6.30. The molecule has 140 valence electrons. The second-order valence-electron chi connectivity index (χ2n) is 7.06. The lowest BCUT2D eigenvalue weighted by Gasteiger charge is -2.44. The monoisotopic (exact) mass is 383 g/mol. The van der Waals surface area contributed by atoms with E-state index in [0.29, 0.717) is 13.2 Å². The molecule has 2 aliphatic heterocycles. The summed E-state index contributed by atoms with van der Waals surface area (Å²) < 4.78 is 11.3. The summed E-state index contributed by atoms with van der Waals surface area (Å²) in [6, 6.07) is 15.6. The largest absolute Gasteiger partial charge is 0.445 e. The van der Waals surface area contributed by atoms with Crippen LogP contribution in [0, 0.1) is 6.92 Å². The standard InChI is InChI=1S/C22H22ClNO3/c1-15-9-18(23)7-8-21(15)17-10-19-13-26-14-20(11-17)24(19)22(25)27-12-16-5-3-2-4-6-16/h2-10,19-20H,11-14H2,1H3. The van der Waals surface area contributed by atoms with Crippen LogP contribution in [0.4, 0.5) is 4.79 Å². The Morgan fingerprint density at radius 3 is 2.78 bits per heavy atom. The number of fused-ring (bicyclic) bond motifs is 2. The second kappa shape index (κ2) is 7.75. The van der Waals surface area contributed by atoms with Crippen LogP contribution in [-0.2, 0) is 16.1 Å². The molecule has 1 saturated heterocycles. The molecule has 0 aromatic heterocycles. The molecule has 4 rings (SSSR count). The van der Waals surface area contributed by atoms with Crippen LogP contribution in [-0.4, -0.2) is 36.3 Å². The van der Waals surface area contributed by atoms with Crippen molar-refractivity contribution in [2.45, 2.75) is 32.0 Å². The fourth-order valence-electron chi connectivity index (χ4n) is 3.86. The first-order valence-corrected chi connectivity index (χ1v) is 9.53. The van der Waals surface area contributed by atoms with Gasteiger partial charge in [-0.1, -0.05) is 54.1 Å². The minimum atomic E-state index is -0.278. The Balaban J connectivity index is 1.52. The third-order valence-electron chi connectivity index (χ3n) is 5.15. The molecule has 0 saturated carbocycles. The molecule has 1 amide bonds. The Labute approximate surface area is 164 Å². The van der Waals surface area contributed by atoms with Crippen molar-refractivity contribution in [3.05, 3.63) is 76.3 Å². The van der Waals surface area contributed by atoms with Crippen molar-refractivity contribution in [3.63, 3.8) is 0 Å². The van der Waals surface area contributed by atoms with E-state index < -0.39 is 0 Å². The van der Waals surface area contributed by atoms with Crippen molar-refractivity contribution in [3.8, 4) is 0 Å². The summed E-state index contributed by atoms with van der Waals surface area (Å²) >= 11 is 6.09. The van der Waals surface area contributed by atoms with E-state index in [2.05, 4.69) is 19.1 Å². The van der Waals surface area contributed by atoms with Crippen LogP contribution in [0.1, 0.15) is 23.1 Å². The number of carbonyl (C=O) groups is 1. The van der Waals surface area contributed by atoms with Gasteiger partial charge in [-0.05, 0) is 47.7 Å². The number of benzene rings is 2. The van der Waals surface area contributed by atoms with Gasteiger partial charge in [-0.3, -0.25) is 4.90 Å². The van der Waals surface area contributed by atoms with Crippen molar-refractivity contribution in [2.75, 3.05) is 13.2 Å². The molecular weight excluding hydrogens is 362 g/mol. The summed E-state index contributed by atoms with van der Waals surface area (Å²) in [5, 5.41) is 0.738. The first kappa shape index (κ1) is 18.1. The number of amides is 1. The highest BCUT2D eigenvalue weighted by Crippen LogP contribution is 2.35. The van der Waals surface area contributed by atoms with Crippen molar-refractivity contribution < 1.29 is 14.3 Å². The van der Waals surface area contributed by atoms with Gasteiger partial charge in [0.05, 0.1) is 25.3 Å². The highest BCUT2D eigenvalue weighted by Gasteiger charge is 2.39. The Kier molecular flexibility index (Phi) is 5.19. The fourth-order valence-corrected chi connectivity index (χ4v) is 4.09. The second-order valence-corrected chi connectivity index (χ2v) is 7.50. The van der Waals surface area contributed by atoms with E-state index in [1.807, 2.05) is 47.4 Å². The van der Waals surface area contributed by atoms with Crippen LogP contribution in [0.5, 0.6) is 0 Å². The zero-order valence-corrected chi connectivity index (χ0v) is 16.0. The van der Waals surface area contributed by atoms with Crippen LogP contribution in [0.2, 0.25) is 5.02 Å². The number of hydrogen-bond acceptors (Lipinski definition) is 3. The summed E-state index contributed by atoms with van der Waals surface area (Å²) in [6.45, 7) is 3.37. The predicted molar refractivity (Wildman–Crippen MR) is 106 cm³/mol. The van der Waals surface area contributed by atoms with Gasteiger partial charge < -0.3 is 9.47 Å². The summed E-state index contributed by atoms with van der Waals surface area (Å²) in [6.07, 6.45) is 2.61. The number of halogens is 1. The van der Waals surface area contributed by atoms with E-state index in [1.54, 1.807) is 0 Å². The third kappa shape index (κ3) is 3.87. The predicted octanol–water partition coefficient (Wildman–Crippen LogP) is 4.84. The molecule has 2 heterocycles. The average molecular weight is 384 g/mol. The molecule has 2 aromatic carbocycles. The Morgan fingerprint density at radius 2 is 2.04 bits per heavy atom. The van der Waals surface area contributed by atoms with E-state index >= 15 is 0 Å². The average Bonchev–Trinajstić information content (AvgIpc) is 2.66. The normalized spacial score (nSPS) is 21.6. The molecule has 1 fully saturated rings. The summed E-state index contributed by atoms with van der Waals surface area (Å²) in [5.41, 5.74) is 4.56. The van der Waals surface area contributed by atoms with Gasteiger partial charge in [0, 0.05) is 5.02 Å². The van der Waals surface area contributed by atoms with E-state index in [9.17, 15) is 4.79 Å². The molecule has 27 heavy (non-hydrogen) atoms. The molecule has 0 spiro atoms. The van der Waals surface area contributed by atoms with Gasteiger partial charge in [0.2, 0.25) is 0 Å². The van der Waals surface area contributed by atoms with Crippen molar-refractivity contribution >= 4 is 23.3 Å². The Bertz CT molecular complexity index is 865. The number of hydrogen-bond donors (Lipinski definition) is 0. The van der Waals surface area contributed by atoms with Crippen molar-refractivity contribution in [1.82, 2.24) is 4.90 Å². The molecule has 0 aliphatic carbocycles. The summed E-state index contributed by atoms with van der Waals surface area (Å²) in [5.74, 6) is 0. The zero-order valence-electron chi connectivity index (χ0n) is 15.2. The maximum Gasteiger partial charge on any atom is 0.411 e. The van der Waals surface area contributed by atoms with E-state index in [0.717, 1.165) is 22.6 Å². The fraction of sp³-hybridized carbons (Fsp3) is 0.318. The topological polar surface area (TPSA) is 38.8 Å². The number of aryl methyl sites for hydroxylation is 1. The number of rotatable bonds is 3. The van der Waals surface area contributed by atoms with Crippen LogP contribution >= 0.6 is 11.6 Å². The van der Waals surface area contributed by atoms with Crippen LogP contribution in [0.25, 0.3) is 5.57 Å². The van der Waals surface area contributed by atoms with Gasteiger partial charge in [0.1, 0.15) is 6.61 Å². The van der Waals surface area contributed by atoms with Gasteiger partial charge in [0.25, 0.3) is 0 Å². The van der Waals surface area contributed by atoms with Gasteiger partial charge >= 0.3 is 6.09 Å². The molecule has 5 heteroatoms. The lowest BCUT2D eigenvalue weighted by molar-refractivity contribution is -0.0342. The molecule has 2 unspecified atom stereocenters. The highest BCUT2D eigenvalue weighted by atomic mass is 35.5. The van der Waals surface area contributed by atoms with Crippen molar-refractivity contribution in [2.24, 2.45) is 0 Å². The van der Waals surface area contributed by atoms with E-state index in [4.69, 9.17) is 21.1 Å². The smallest absolute Gasteiger partial charge is 0.411 e.